The number of benzene rings is 1. The van der Waals surface area contributed by atoms with E-state index in [-0.39, 0.29) is 17.7 Å². The van der Waals surface area contributed by atoms with Crippen molar-refractivity contribution in [3.05, 3.63) is 72.1 Å². The molecule has 2 amide bonds. The number of fused-ring (bicyclic) bond motifs is 1. The molecule has 1 aliphatic rings. The third-order valence-electron chi connectivity index (χ3n) is 6.46. The van der Waals surface area contributed by atoms with Crippen LogP contribution in [0.4, 0.5) is 20.6 Å². The molecule has 6 rings (SSSR count). The highest BCUT2D eigenvalue weighted by molar-refractivity contribution is 6.09. The minimum Gasteiger partial charge on any atom is -0.444 e. The van der Waals surface area contributed by atoms with Crippen LogP contribution in [0.5, 0.6) is 0 Å². The molecule has 0 radical (unpaired) electrons. The number of carbonyl (C=O) groups excluding carboxylic acids is 2. The molecule has 210 valence electrons. The summed E-state index contributed by atoms with van der Waals surface area (Å²) < 4.78 is 27.1. The zero-order valence-electron chi connectivity index (χ0n) is 22.8. The predicted octanol–water partition coefficient (Wildman–Crippen LogP) is 5.30. The summed E-state index contributed by atoms with van der Waals surface area (Å²) in [4.78, 5) is 29.8. The zero-order valence-corrected chi connectivity index (χ0v) is 22.8. The molecule has 0 aliphatic heterocycles. The monoisotopic (exact) mass is 558 g/mol. The highest BCUT2D eigenvalue weighted by Gasteiger charge is 2.43. The Labute approximate surface area is 233 Å². The van der Waals surface area contributed by atoms with Crippen LogP contribution in [0.25, 0.3) is 22.6 Å². The summed E-state index contributed by atoms with van der Waals surface area (Å²) in [5, 5.41) is 18.2. The molecule has 1 aliphatic carbocycles. The Kier molecular flexibility index (Phi) is 6.28. The van der Waals surface area contributed by atoms with Crippen LogP contribution in [-0.4, -0.2) is 53.3 Å². The first kappa shape index (κ1) is 26.2. The van der Waals surface area contributed by atoms with Crippen molar-refractivity contribution in [1.82, 2.24) is 29.5 Å². The van der Waals surface area contributed by atoms with Gasteiger partial charge in [0.1, 0.15) is 11.8 Å². The second kappa shape index (κ2) is 9.84. The SMILES string of the molecule is Cc1ccc(-c2noc([C@H]3C[C@@H]3F)n2)cc1NC(=O)c1cnn2ccc(-n3cc(NC(=O)OC(C)(C)C)cn3)cc12. The van der Waals surface area contributed by atoms with Crippen molar-refractivity contribution in [3.8, 4) is 17.1 Å². The average molecular weight is 559 g/mol. The predicted molar refractivity (Wildman–Crippen MR) is 147 cm³/mol. The Morgan fingerprint density at radius 3 is 2.68 bits per heavy atom. The molecule has 41 heavy (non-hydrogen) atoms. The summed E-state index contributed by atoms with van der Waals surface area (Å²) in [5.74, 6) is -0.0890. The molecule has 2 N–H and O–H groups in total. The molecule has 4 aromatic heterocycles. The first-order chi connectivity index (χ1) is 19.5. The third kappa shape index (κ3) is 5.51. The van der Waals surface area contributed by atoms with Gasteiger partial charge >= 0.3 is 6.09 Å². The summed E-state index contributed by atoms with van der Waals surface area (Å²) in [6, 6.07) is 8.96. The Bertz CT molecular complexity index is 1780. The van der Waals surface area contributed by atoms with Crippen LogP contribution in [0.2, 0.25) is 0 Å². The fourth-order valence-corrected chi connectivity index (χ4v) is 4.25. The van der Waals surface area contributed by atoms with E-state index in [0.717, 1.165) is 5.56 Å². The molecule has 1 fully saturated rings. The lowest BCUT2D eigenvalue weighted by atomic mass is 10.1. The van der Waals surface area contributed by atoms with Crippen LogP contribution in [0.15, 0.2) is 59.6 Å². The quantitative estimate of drug-likeness (QED) is 0.286. The van der Waals surface area contributed by atoms with Gasteiger partial charge in [-0.3, -0.25) is 10.1 Å². The van der Waals surface area contributed by atoms with Gasteiger partial charge in [0.25, 0.3) is 5.91 Å². The van der Waals surface area contributed by atoms with Gasteiger partial charge in [0, 0.05) is 17.4 Å². The number of carbonyl (C=O) groups is 2. The summed E-state index contributed by atoms with van der Waals surface area (Å²) in [5.41, 5.74) is 3.41. The van der Waals surface area contributed by atoms with Crippen molar-refractivity contribution in [2.75, 3.05) is 10.6 Å². The van der Waals surface area contributed by atoms with E-state index >= 15 is 0 Å². The van der Waals surface area contributed by atoms with Gasteiger partial charge in [0.05, 0.1) is 47.0 Å². The molecule has 4 heterocycles. The van der Waals surface area contributed by atoms with Crippen LogP contribution in [0.1, 0.15) is 54.9 Å². The number of amides is 2. The molecule has 13 heteroatoms. The molecule has 2 atom stereocenters. The Balaban J connectivity index is 1.21. The highest BCUT2D eigenvalue weighted by Crippen LogP contribution is 2.43. The molecule has 0 bridgehead atoms. The number of hydrogen-bond acceptors (Lipinski definition) is 8. The number of pyridine rings is 1. The van der Waals surface area contributed by atoms with E-state index in [1.807, 2.05) is 19.1 Å². The normalized spacial score (nSPS) is 16.5. The summed E-state index contributed by atoms with van der Waals surface area (Å²) >= 11 is 0. The number of nitrogens with zero attached hydrogens (tertiary/aromatic N) is 6. The number of hydrogen-bond donors (Lipinski definition) is 2. The molecule has 1 saturated carbocycles. The Hall–Kier alpha value is -5.07. The standard InChI is InChI=1S/C28H27FN8O4/c1-15-5-6-16(24-34-26(41-35-24)19-11-21(19)29)9-22(15)33-25(38)20-13-31-36-8-7-18(10-23(20)36)37-14-17(12-30-37)32-27(39)40-28(2,3)4/h5-10,12-14,19,21H,11H2,1-4H3,(H,32,39)(H,33,38)/t19-,21-/m0/s1. The average Bonchev–Trinajstić information content (AvgIpc) is 3.33. The van der Waals surface area contributed by atoms with E-state index in [1.165, 1.54) is 12.4 Å². The molecule has 0 unspecified atom stereocenters. The Morgan fingerprint density at radius 2 is 1.93 bits per heavy atom. The number of anilines is 2. The lowest BCUT2D eigenvalue weighted by molar-refractivity contribution is 0.0635. The molecule has 0 saturated heterocycles. The van der Waals surface area contributed by atoms with E-state index in [2.05, 4.69) is 31.0 Å². The van der Waals surface area contributed by atoms with E-state index < -0.39 is 17.9 Å². The highest BCUT2D eigenvalue weighted by atomic mass is 19.1. The van der Waals surface area contributed by atoms with Crippen LogP contribution < -0.4 is 10.6 Å². The van der Waals surface area contributed by atoms with Gasteiger partial charge in [-0.25, -0.2) is 18.4 Å². The van der Waals surface area contributed by atoms with Gasteiger partial charge in [0.15, 0.2) is 0 Å². The molecular weight excluding hydrogens is 531 g/mol. The number of nitrogens with one attached hydrogen (secondary N) is 2. The zero-order chi connectivity index (χ0) is 28.9. The van der Waals surface area contributed by atoms with Crippen molar-refractivity contribution in [3.63, 3.8) is 0 Å². The van der Waals surface area contributed by atoms with Crippen LogP contribution in [-0.2, 0) is 4.74 Å². The number of rotatable bonds is 6. The van der Waals surface area contributed by atoms with E-state index in [4.69, 9.17) is 9.26 Å². The third-order valence-corrected chi connectivity index (χ3v) is 6.46. The van der Waals surface area contributed by atoms with Crippen LogP contribution in [0, 0.1) is 6.92 Å². The van der Waals surface area contributed by atoms with Gasteiger partial charge in [-0.2, -0.15) is 15.2 Å². The molecular formula is C28H27FN8O4. The van der Waals surface area contributed by atoms with Crippen molar-refractivity contribution in [2.24, 2.45) is 0 Å². The number of aromatic nitrogens is 6. The maximum Gasteiger partial charge on any atom is 0.412 e. The minimum atomic E-state index is -0.938. The smallest absolute Gasteiger partial charge is 0.412 e. The van der Waals surface area contributed by atoms with E-state index in [9.17, 15) is 14.0 Å². The number of halogens is 1. The molecule has 5 aromatic rings. The second-order valence-corrected chi connectivity index (χ2v) is 10.9. The van der Waals surface area contributed by atoms with Crippen LogP contribution in [0.3, 0.4) is 0 Å². The number of ether oxygens (including phenoxy) is 1. The van der Waals surface area contributed by atoms with Crippen molar-refractivity contribution >= 4 is 28.9 Å². The van der Waals surface area contributed by atoms with Gasteiger partial charge in [-0.05, 0) is 57.9 Å². The lowest BCUT2D eigenvalue weighted by Crippen LogP contribution is -2.27. The molecule has 1 aromatic carbocycles. The first-order valence-corrected chi connectivity index (χ1v) is 13.0. The largest absolute Gasteiger partial charge is 0.444 e. The van der Waals surface area contributed by atoms with Gasteiger partial charge in [0.2, 0.25) is 11.7 Å². The van der Waals surface area contributed by atoms with Crippen molar-refractivity contribution in [1.29, 1.82) is 0 Å². The van der Waals surface area contributed by atoms with Gasteiger partial charge in [-0.15, -0.1) is 0 Å². The second-order valence-electron chi connectivity index (χ2n) is 10.9. The Morgan fingerprint density at radius 1 is 1.12 bits per heavy atom. The maximum absolute atomic E-state index is 13.4. The lowest BCUT2D eigenvalue weighted by Gasteiger charge is -2.19. The summed E-state index contributed by atoms with van der Waals surface area (Å²) in [6.07, 6.45) is 5.21. The summed E-state index contributed by atoms with van der Waals surface area (Å²) in [6.45, 7) is 7.21. The van der Waals surface area contributed by atoms with Crippen molar-refractivity contribution < 1.29 is 23.2 Å². The van der Waals surface area contributed by atoms with E-state index in [0.29, 0.717) is 46.0 Å². The topological polar surface area (TPSA) is 141 Å². The van der Waals surface area contributed by atoms with Gasteiger partial charge < -0.3 is 14.6 Å². The maximum atomic E-state index is 13.4. The fourth-order valence-electron chi connectivity index (χ4n) is 4.25. The van der Waals surface area contributed by atoms with E-state index in [1.54, 1.807) is 60.6 Å². The number of aryl methyl sites for hydroxylation is 1. The van der Waals surface area contributed by atoms with Crippen LogP contribution >= 0.6 is 0 Å². The van der Waals surface area contributed by atoms with Crippen molar-refractivity contribution in [2.45, 2.75) is 51.8 Å². The van der Waals surface area contributed by atoms with Gasteiger partial charge in [-0.1, -0.05) is 17.3 Å². The summed E-state index contributed by atoms with van der Waals surface area (Å²) in [7, 11) is 0. The number of alkyl halides is 1. The first-order valence-electron chi connectivity index (χ1n) is 13.0. The minimum absolute atomic E-state index is 0.283. The molecule has 0 spiro atoms. The fraction of sp³-hybridized carbons (Fsp3) is 0.286. The molecule has 12 nitrogen and oxygen atoms in total.